The second-order valence-electron chi connectivity index (χ2n) is 8.77. The van der Waals surface area contributed by atoms with Crippen LogP contribution in [0.2, 0.25) is 0 Å². The van der Waals surface area contributed by atoms with E-state index in [0.29, 0.717) is 5.57 Å². The van der Waals surface area contributed by atoms with Crippen molar-refractivity contribution in [2.75, 3.05) is 7.11 Å². The molecule has 4 bridgehead atoms. The number of methoxy groups -OCH3 is 1. The molecule has 5 aliphatic rings. The Morgan fingerprint density at radius 2 is 1.33 bits per heavy atom. The SMILES string of the molecule is C1CCCC1.C=C(C)C(=O)OC12CC3CC(CC(C3)C1)C2.C=CC(=O)OC. The maximum Gasteiger partial charge on any atom is 0.333 e. The van der Waals surface area contributed by atoms with Crippen LogP contribution in [0.25, 0.3) is 0 Å². The molecule has 27 heavy (non-hydrogen) atoms. The van der Waals surface area contributed by atoms with Crippen molar-refractivity contribution in [3.05, 3.63) is 24.8 Å². The summed E-state index contributed by atoms with van der Waals surface area (Å²) in [5, 5.41) is 0. The molecule has 0 aliphatic heterocycles. The van der Waals surface area contributed by atoms with E-state index in [4.69, 9.17) is 4.74 Å². The number of rotatable bonds is 3. The van der Waals surface area contributed by atoms with Crippen LogP contribution in [-0.2, 0) is 19.1 Å². The van der Waals surface area contributed by atoms with Crippen molar-refractivity contribution in [1.29, 1.82) is 0 Å². The van der Waals surface area contributed by atoms with Gasteiger partial charge in [0.25, 0.3) is 0 Å². The first-order valence-electron chi connectivity index (χ1n) is 10.5. The van der Waals surface area contributed by atoms with Crippen molar-refractivity contribution in [2.45, 2.75) is 83.2 Å². The van der Waals surface area contributed by atoms with Crippen molar-refractivity contribution in [3.8, 4) is 0 Å². The lowest BCUT2D eigenvalue weighted by molar-refractivity contribution is -0.182. The van der Waals surface area contributed by atoms with Crippen LogP contribution in [0, 0.1) is 17.8 Å². The summed E-state index contributed by atoms with van der Waals surface area (Å²) in [5.74, 6) is 1.90. The zero-order valence-corrected chi connectivity index (χ0v) is 17.1. The maximum absolute atomic E-state index is 11.7. The fourth-order valence-electron chi connectivity index (χ4n) is 5.41. The minimum atomic E-state index is -0.394. The highest BCUT2D eigenvalue weighted by molar-refractivity contribution is 5.87. The molecule has 0 saturated heterocycles. The van der Waals surface area contributed by atoms with Gasteiger partial charge >= 0.3 is 11.9 Å². The molecule has 5 saturated carbocycles. The van der Waals surface area contributed by atoms with Crippen molar-refractivity contribution in [1.82, 2.24) is 0 Å². The average Bonchev–Trinajstić information content (AvgIpc) is 3.19. The maximum atomic E-state index is 11.7. The fourth-order valence-corrected chi connectivity index (χ4v) is 5.41. The van der Waals surface area contributed by atoms with E-state index in [0.717, 1.165) is 43.1 Å². The Kier molecular flexibility index (Phi) is 8.12. The quantitative estimate of drug-likeness (QED) is 0.491. The summed E-state index contributed by atoms with van der Waals surface area (Å²) in [6, 6.07) is 0. The second-order valence-corrected chi connectivity index (χ2v) is 8.77. The minimum absolute atomic E-state index is 0.106. The van der Waals surface area contributed by atoms with E-state index in [1.54, 1.807) is 6.92 Å². The summed E-state index contributed by atoms with van der Waals surface area (Å²) < 4.78 is 9.92. The molecule has 5 rings (SSSR count). The summed E-state index contributed by atoms with van der Waals surface area (Å²) >= 11 is 0. The van der Waals surface area contributed by atoms with E-state index >= 15 is 0 Å². The summed E-state index contributed by atoms with van der Waals surface area (Å²) in [4.78, 5) is 21.5. The predicted octanol–water partition coefficient (Wildman–Crippen LogP) is 5.37. The van der Waals surface area contributed by atoms with E-state index in [2.05, 4.69) is 17.9 Å². The minimum Gasteiger partial charge on any atom is -0.466 e. The molecule has 5 aliphatic carbocycles. The van der Waals surface area contributed by atoms with Crippen molar-refractivity contribution in [2.24, 2.45) is 17.8 Å². The molecular formula is C23H36O4. The van der Waals surface area contributed by atoms with Gasteiger partial charge in [-0.15, -0.1) is 0 Å². The number of carbonyl (C=O) groups excluding carboxylic acids is 2. The van der Waals surface area contributed by atoms with Gasteiger partial charge in [-0.2, -0.15) is 0 Å². The average molecular weight is 377 g/mol. The van der Waals surface area contributed by atoms with Crippen LogP contribution < -0.4 is 0 Å². The highest BCUT2D eigenvalue weighted by Gasteiger charge is 2.53. The van der Waals surface area contributed by atoms with Gasteiger partial charge in [0.05, 0.1) is 7.11 Å². The largest absolute Gasteiger partial charge is 0.466 e. The lowest BCUT2D eigenvalue weighted by Gasteiger charge is -2.55. The molecule has 0 aromatic rings. The molecule has 152 valence electrons. The summed E-state index contributed by atoms with van der Waals surface area (Å²) in [6.45, 7) is 8.57. The second kappa shape index (κ2) is 10.1. The Labute approximate surface area is 164 Å². The topological polar surface area (TPSA) is 52.6 Å². The van der Waals surface area contributed by atoms with Gasteiger partial charge < -0.3 is 9.47 Å². The molecule has 0 atom stereocenters. The first-order chi connectivity index (χ1) is 12.9. The standard InChI is InChI=1S/C14H20O2.C5H10.C4H6O2/c1-9(2)13(15)16-14-6-10-3-11(7-14)5-12(4-10)8-14;1-2-4-5-3-1;1-3-4(5)6-2/h10-12H,1,3-8H2,2H3;1-5H2;3H,1H2,2H3. The lowest BCUT2D eigenvalue weighted by Crippen LogP contribution is -2.52. The molecular weight excluding hydrogens is 340 g/mol. The third-order valence-corrected chi connectivity index (χ3v) is 6.26. The van der Waals surface area contributed by atoms with Crippen molar-refractivity contribution < 1.29 is 19.1 Å². The molecule has 0 aromatic carbocycles. The monoisotopic (exact) mass is 376 g/mol. The summed E-state index contributed by atoms with van der Waals surface area (Å²) in [7, 11) is 1.31. The summed E-state index contributed by atoms with van der Waals surface area (Å²) in [5.41, 5.74) is 0.431. The number of carbonyl (C=O) groups is 2. The molecule has 0 N–H and O–H groups in total. The van der Waals surface area contributed by atoms with Crippen LogP contribution in [0.4, 0.5) is 0 Å². The smallest absolute Gasteiger partial charge is 0.333 e. The Hall–Kier alpha value is -1.58. The van der Waals surface area contributed by atoms with E-state index in [-0.39, 0.29) is 11.6 Å². The molecule has 0 aromatic heterocycles. The zero-order valence-electron chi connectivity index (χ0n) is 17.1. The number of hydrogen-bond acceptors (Lipinski definition) is 4. The van der Waals surface area contributed by atoms with Gasteiger partial charge in [-0.3, -0.25) is 0 Å². The molecule has 4 nitrogen and oxygen atoms in total. The molecule has 5 fully saturated rings. The van der Waals surface area contributed by atoms with Crippen LogP contribution in [0.3, 0.4) is 0 Å². The van der Waals surface area contributed by atoms with Crippen LogP contribution in [-0.4, -0.2) is 24.6 Å². The lowest BCUT2D eigenvalue weighted by atomic mass is 9.54. The fraction of sp³-hybridized carbons (Fsp3) is 0.739. The molecule has 0 unspecified atom stereocenters. The van der Waals surface area contributed by atoms with E-state index in [9.17, 15) is 9.59 Å². The van der Waals surface area contributed by atoms with Gasteiger partial charge in [0.2, 0.25) is 0 Å². The number of esters is 2. The Balaban J connectivity index is 0.000000196. The molecule has 0 radical (unpaired) electrons. The van der Waals surface area contributed by atoms with E-state index in [1.807, 2.05) is 0 Å². The molecule has 0 amide bonds. The van der Waals surface area contributed by atoms with Crippen LogP contribution >= 0.6 is 0 Å². The Bertz CT molecular complexity index is 502. The van der Waals surface area contributed by atoms with Gasteiger partial charge in [0, 0.05) is 11.6 Å². The number of hydrogen-bond donors (Lipinski definition) is 0. The Morgan fingerprint density at radius 3 is 1.59 bits per heavy atom. The van der Waals surface area contributed by atoms with Gasteiger partial charge in [0.1, 0.15) is 5.60 Å². The zero-order chi connectivity index (χ0) is 19.9. The third kappa shape index (κ3) is 6.51. The summed E-state index contributed by atoms with van der Waals surface area (Å²) in [6.07, 6.45) is 16.1. The van der Waals surface area contributed by atoms with Gasteiger partial charge in [0.15, 0.2) is 0 Å². The highest BCUT2D eigenvalue weighted by Crippen LogP contribution is 2.57. The van der Waals surface area contributed by atoms with Gasteiger partial charge in [-0.05, 0) is 63.2 Å². The van der Waals surface area contributed by atoms with Crippen molar-refractivity contribution in [3.63, 3.8) is 0 Å². The molecule has 4 heteroatoms. The van der Waals surface area contributed by atoms with Gasteiger partial charge in [-0.25, -0.2) is 9.59 Å². The number of ether oxygens (including phenoxy) is 2. The first-order valence-corrected chi connectivity index (χ1v) is 10.5. The first kappa shape index (κ1) is 21.7. The highest BCUT2D eigenvalue weighted by atomic mass is 16.6. The van der Waals surface area contributed by atoms with Crippen molar-refractivity contribution >= 4 is 11.9 Å². The molecule has 0 spiro atoms. The normalized spacial score (nSPS) is 32.3. The molecule has 0 heterocycles. The van der Waals surface area contributed by atoms with Crippen LogP contribution in [0.1, 0.15) is 77.6 Å². The van der Waals surface area contributed by atoms with E-state index in [1.165, 1.54) is 58.5 Å². The predicted molar refractivity (Wildman–Crippen MR) is 107 cm³/mol. The van der Waals surface area contributed by atoms with Crippen LogP contribution in [0.15, 0.2) is 24.8 Å². The van der Waals surface area contributed by atoms with E-state index < -0.39 is 5.97 Å². The third-order valence-electron chi connectivity index (χ3n) is 6.26. The Morgan fingerprint density at radius 1 is 0.926 bits per heavy atom. The van der Waals surface area contributed by atoms with Crippen LogP contribution in [0.5, 0.6) is 0 Å². The van der Waals surface area contributed by atoms with Gasteiger partial charge in [-0.1, -0.05) is 45.3 Å².